The van der Waals surface area contributed by atoms with Gasteiger partial charge in [-0.05, 0) is 48.9 Å². The molecule has 2 rings (SSSR count). The van der Waals surface area contributed by atoms with E-state index in [0.717, 1.165) is 5.69 Å². The number of nitrogens with one attached hydrogen (secondary N) is 1. The molecule has 106 valence electrons. The lowest BCUT2D eigenvalue weighted by Crippen LogP contribution is -2.15. The fourth-order valence-corrected chi connectivity index (χ4v) is 2.79. The Morgan fingerprint density at radius 3 is 2.30 bits per heavy atom. The Labute approximate surface area is 122 Å². The van der Waals surface area contributed by atoms with Gasteiger partial charge in [0, 0.05) is 22.1 Å². The molecule has 0 spiro atoms. The van der Waals surface area contributed by atoms with Gasteiger partial charge in [0.15, 0.2) is 0 Å². The topological polar surface area (TPSA) is 98.2 Å². The molecule has 0 saturated heterocycles. The Bertz CT molecular complexity index is 743. The average Bonchev–Trinajstić information content (AvgIpc) is 2.35. The van der Waals surface area contributed by atoms with Gasteiger partial charge in [-0.3, -0.25) is 0 Å². The second-order valence-corrected chi connectivity index (χ2v) is 6.33. The third kappa shape index (κ3) is 3.22. The lowest BCUT2D eigenvalue weighted by Gasteiger charge is -2.13. The van der Waals surface area contributed by atoms with Crippen molar-refractivity contribution in [1.29, 1.82) is 0 Å². The summed E-state index contributed by atoms with van der Waals surface area (Å²) in [6.07, 6.45) is 0. The Morgan fingerprint density at radius 1 is 1.15 bits per heavy atom. The average molecular weight is 312 g/mol. The molecule has 0 saturated carbocycles. The minimum absolute atomic E-state index is 0.00830. The molecule has 0 unspecified atom stereocenters. The summed E-state index contributed by atoms with van der Waals surface area (Å²) in [7, 11) is -3.82. The minimum Gasteiger partial charge on any atom is -0.399 e. The summed E-state index contributed by atoms with van der Waals surface area (Å²) in [6.45, 7) is 1.66. The summed E-state index contributed by atoms with van der Waals surface area (Å²) in [5.74, 6) is 0. The summed E-state index contributed by atoms with van der Waals surface area (Å²) < 4.78 is 23.1. The van der Waals surface area contributed by atoms with Crippen LogP contribution in [0.4, 0.5) is 17.1 Å². The molecule has 2 aromatic rings. The maximum absolute atomic E-state index is 11.5. The summed E-state index contributed by atoms with van der Waals surface area (Å²) in [5, 5.41) is 8.89. The van der Waals surface area contributed by atoms with E-state index < -0.39 is 10.0 Å². The third-order valence-corrected chi connectivity index (χ3v) is 4.10. The highest BCUT2D eigenvalue weighted by Crippen LogP contribution is 2.29. The van der Waals surface area contributed by atoms with Crippen LogP contribution >= 0.6 is 11.6 Å². The lowest BCUT2D eigenvalue weighted by molar-refractivity contribution is 0.597. The number of hydrogen-bond acceptors (Lipinski definition) is 4. The van der Waals surface area contributed by atoms with Crippen molar-refractivity contribution in [1.82, 2.24) is 0 Å². The van der Waals surface area contributed by atoms with Crippen molar-refractivity contribution >= 4 is 38.7 Å². The quantitative estimate of drug-likeness (QED) is 0.759. The van der Waals surface area contributed by atoms with Gasteiger partial charge in [-0.25, -0.2) is 13.6 Å². The fraction of sp³-hybridized carbons (Fsp3) is 0.0769. The van der Waals surface area contributed by atoms with E-state index >= 15 is 0 Å². The number of primary sulfonamides is 1. The summed E-state index contributed by atoms with van der Waals surface area (Å²) in [5.41, 5.74) is 7.90. The Hall–Kier alpha value is -1.76. The van der Waals surface area contributed by atoms with Gasteiger partial charge >= 0.3 is 0 Å². The van der Waals surface area contributed by atoms with Crippen LogP contribution in [0.25, 0.3) is 0 Å². The van der Waals surface area contributed by atoms with Crippen LogP contribution in [0.5, 0.6) is 0 Å². The van der Waals surface area contributed by atoms with Crippen molar-refractivity contribution in [2.75, 3.05) is 11.1 Å². The third-order valence-electron chi connectivity index (χ3n) is 2.81. The second kappa shape index (κ2) is 5.32. The predicted molar refractivity (Wildman–Crippen MR) is 81.7 cm³/mol. The van der Waals surface area contributed by atoms with Crippen LogP contribution in [0.2, 0.25) is 5.02 Å². The summed E-state index contributed by atoms with van der Waals surface area (Å²) in [6, 6.07) is 10.0. The molecule has 20 heavy (non-hydrogen) atoms. The van der Waals surface area contributed by atoms with Crippen molar-refractivity contribution < 1.29 is 8.42 Å². The zero-order valence-electron chi connectivity index (χ0n) is 10.7. The maximum Gasteiger partial charge on any atom is 0.238 e. The molecule has 0 aliphatic carbocycles. The van der Waals surface area contributed by atoms with Crippen LogP contribution in [0, 0.1) is 6.92 Å². The van der Waals surface area contributed by atoms with Crippen LogP contribution in [-0.2, 0) is 10.0 Å². The number of hydrogen-bond donors (Lipinski definition) is 3. The first-order valence-electron chi connectivity index (χ1n) is 5.73. The van der Waals surface area contributed by atoms with Gasteiger partial charge in [-0.15, -0.1) is 0 Å². The molecule has 0 amide bonds. The highest BCUT2D eigenvalue weighted by Gasteiger charge is 2.15. The van der Waals surface area contributed by atoms with E-state index in [4.69, 9.17) is 22.5 Å². The van der Waals surface area contributed by atoms with E-state index in [0.29, 0.717) is 22.0 Å². The van der Waals surface area contributed by atoms with E-state index in [9.17, 15) is 8.42 Å². The molecule has 7 heteroatoms. The normalized spacial score (nSPS) is 11.3. The number of sulfonamides is 1. The molecule has 0 heterocycles. The molecule has 0 radical (unpaired) electrons. The Balaban J connectivity index is 2.47. The van der Waals surface area contributed by atoms with Crippen LogP contribution in [0.1, 0.15) is 5.56 Å². The number of halogens is 1. The largest absolute Gasteiger partial charge is 0.399 e. The first kappa shape index (κ1) is 14.6. The molecule has 0 aliphatic rings. The van der Waals surface area contributed by atoms with Crippen LogP contribution in [-0.4, -0.2) is 8.42 Å². The van der Waals surface area contributed by atoms with Gasteiger partial charge in [-0.1, -0.05) is 11.6 Å². The molecular weight excluding hydrogens is 298 g/mol. The fourth-order valence-electron chi connectivity index (χ4n) is 1.82. The maximum atomic E-state index is 11.5. The number of benzene rings is 2. The van der Waals surface area contributed by atoms with Crippen molar-refractivity contribution in [3.05, 3.63) is 47.0 Å². The van der Waals surface area contributed by atoms with Gasteiger partial charge in [0.05, 0.1) is 4.90 Å². The number of nitrogens with two attached hydrogens (primary N) is 2. The minimum atomic E-state index is -3.82. The van der Waals surface area contributed by atoms with Crippen LogP contribution < -0.4 is 16.2 Å². The summed E-state index contributed by atoms with van der Waals surface area (Å²) in [4.78, 5) is 0.00830. The van der Waals surface area contributed by atoms with Crippen molar-refractivity contribution in [3.63, 3.8) is 0 Å². The van der Waals surface area contributed by atoms with Gasteiger partial charge in [-0.2, -0.15) is 0 Å². The van der Waals surface area contributed by atoms with Gasteiger partial charge < -0.3 is 11.1 Å². The standard InChI is InChI=1S/C13H14ClN3O2S/c1-8-12(17-11-4-2-9(14)3-5-11)6-10(15)7-13(8)20(16,18)19/h2-7,17H,15H2,1H3,(H2,16,18,19). The Morgan fingerprint density at radius 2 is 1.75 bits per heavy atom. The number of rotatable bonds is 3. The highest BCUT2D eigenvalue weighted by atomic mass is 35.5. The van der Waals surface area contributed by atoms with Gasteiger partial charge in [0.1, 0.15) is 0 Å². The predicted octanol–water partition coefficient (Wildman–Crippen LogP) is 2.62. The van der Waals surface area contributed by atoms with E-state index in [1.54, 1.807) is 37.3 Å². The van der Waals surface area contributed by atoms with Crippen molar-refractivity contribution in [2.45, 2.75) is 11.8 Å². The van der Waals surface area contributed by atoms with Crippen molar-refractivity contribution in [2.24, 2.45) is 5.14 Å². The van der Waals surface area contributed by atoms with E-state index in [-0.39, 0.29) is 4.90 Å². The van der Waals surface area contributed by atoms with Crippen LogP contribution in [0.3, 0.4) is 0 Å². The Kier molecular flexibility index (Phi) is 3.89. The SMILES string of the molecule is Cc1c(Nc2ccc(Cl)cc2)cc(N)cc1S(N)(=O)=O. The van der Waals surface area contributed by atoms with E-state index in [2.05, 4.69) is 5.32 Å². The molecule has 2 aromatic carbocycles. The van der Waals surface area contributed by atoms with Crippen molar-refractivity contribution in [3.8, 4) is 0 Å². The van der Waals surface area contributed by atoms with Gasteiger partial charge in [0.25, 0.3) is 0 Å². The lowest BCUT2D eigenvalue weighted by atomic mass is 10.1. The smallest absolute Gasteiger partial charge is 0.238 e. The molecule has 0 aromatic heterocycles. The molecule has 5 N–H and O–H groups in total. The molecule has 0 atom stereocenters. The van der Waals surface area contributed by atoms with Crippen LogP contribution in [0.15, 0.2) is 41.3 Å². The monoisotopic (exact) mass is 311 g/mol. The first-order chi connectivity index (χ1) is 9.27. The first-order valence-corrected chi connectivity index (χ1v) is 7.65. The number of nitrogen functional groups attached to an aromatic ring is 1. The zero-order valence-corrected chi connectivity index (χ0v) is 12.3. The van der Waals surface area contributed by atoms with Gasteiger partial charge in [0.2, 0.25) is 10.0 Å². The molecule has 0 aliphatic heterocycles. The zero-order chi connectivity index (χ0) is 14.9. The summed E-state index contributed by atoms with van der Waals surface area (Å²) >= 11 is 5.81. The highest BCUT2D eigenvalue weighted by molar-refractivity contribution is 7.89. The number of anilines is 3. The van der Waals surface area contributed by atoms with E-state index in [1.165, 1.54) is 6.07 Å². The molecule has 0 fully saturated rings. The molecule has 5 nitrogen and oxygen atoms in total. The van der Waals surface area contributed by atoms with E-state index in [1.807, 2.05) is 0 Å². The second-order valence-electron chi connectivity index (χ2n) is 4.37. The molecular formula is C13H14ClN3O2S. The molecule has 0 bridgehead atoms.